The van der Waals surface area contributed by atoms with E-state index in [1.807, 2.05) is 13.8 Å². The molecule has 17 heavy (non-hydrogen) atoms. The number of hydrogen-bond acceptors (Lipinski definition) is 2. The van der Waals surface area contributed by atoms with Gasteiger partial charge in [0.25, 0.3) is 0 Å². The van der Waals surface area contributed by atoms with E-state index in [2.05, 4.69) is 0 Å². The van der Waals surface area contributed by atoms with Crippen LogP contribution in [-0.4, -0.2) is 18.5 Å². The fraction of sp³-hybridized carbons (Fsp3) is 0.462. The van der Waals surface area contributed by atoms with Crippen LogP contribution in [0.2, 0.25) is 10.0 Å². The third-order valence-corrected chi connectivity index (χ3v) is 3.17. The number of hydrogen-bond donors (Lipinski definition) is 0. The van der Waals surface area contributed by atoms with E-state index in [1.54, 1.807) is 25.3 Å². The summed E-state index contributed by atoms with van der Waals surface area (Å²) in [5.74, 6) is 0.0843. The third-order valence-electron chi connectivity index (χ3n) is 2.57. The van der Waals surface area contributed by atoms with Crippen molar-refractivity contribution in [3.63, 3.8) is 0 Å². The van der Waals surface area contributed by atoms with Crippen molar-refractivity contribution in [3.8, 4) is 0 Å². The average molecular weight is 275 g/mol. The minimum absolute atomic E-state index is 0.0843. The van der Waals surface area contributed by atoms with Crippen molar-refractivity contribution in [2.75, 3.05) is 7.11 Å². The molecule has 0 heterocycles. The summed E-state index contributed by atoms with van der Waals surface area (Å²) in [5.41, 5.74) is 0.318. The van der Waals surface area contributed by atoms with E-state index in [0.29, 0.717) is 16.5 Å². The van der Waals surface area contributed by atoms with Crippen molar-refractivity contribution in [3.05, 3.63) is 33.8 Å². The number of carbonyl (C=O) groups excluding carboxylic acids is 1. The molecule has 0 saturated heterocycles. The average Bonchev–Trinajstić information content (AvgIpc) is 2.23. The molecule has 0 unspecified atom stereocenters. The van der Waals surface area contributed by atoms with Crippen LogP contribution in [0.5, 0.6) is 0 Å². The van der Waals surface area contributed by atoms with Crippen LogP contribution in [0.4, 0.5) is 0 Å². The van der Waals surface area contributed by atoms with Crippen molar-refractivity contribution in [2.45, 2.75) is 32.3 Å². The van der Waals surface area contributed by atoms with Crippen molar-refractivity contribution >= 4 is 29.0 Å². The molecule has 0 aliphatic heterocycles. The predicted molar refractivity (Wildman–Crippen MR) is 70.9 cm³/mol. The second-order valence-corrected chi connectivity index (χ2v) is 5.44. The second-order valence-electron chi connectivity index (χ2n) is 4.59. The van der Waals surface area contributed by atoms with Crippen molar-refractivity contribution in [2.24, 2.45) is 0 Å². The van der Waals surface area contributed by atoms with Gasteiger partial charge in [-0.3, -0.25) is 4.79 Å². The number of methoxy groups -OCH3 is 1. The number of carbonyl (C=O) groups is 1. The molecule has 0 aliphatic carbocycles. The van der Waals surface area contributed by atoms with Crippen molar-refractivity contribution in [1.29, 1.82) is 0 Å². The second kappa shape index (κ2) is 5.85. The van der Waals surface area contributed by atoms with Crippen LogP contribution in [0.15, 0.2) is 18.2 Å². The van der Waals surface area contributed by atoms with Crippen LogP contribution >= 0.6 is 23.2 Å². The maximum atomic E-state index is 11.9. The lowest BCUT2D eigenvalue weighted by Gasteiger charge is -2.21. The van der Waals surface area contributed by atoms with Gasteiger partial charge in [-0.1, -0.05) is 23.2 Å². The molecule has 1 aromatic carbocycles. The smallest absolute Gasteiger partial charge is 0.140 e. The number of Topliss-reactive ketones (excluding diaryl/α,β-unsaturated/α-hetero) is 1. The minimum Gasteiger partial charge on any atom is -0.378 e. The first-order valence-corrected chi connectivity index (χ1v) is 6.10. The van der Waals surface area contributed by atoms with Gasteiger partial charge in [0.1, 0.15) is 5.78 Å². The molecule has 0 fully saturated rings. The summed E-state index contributed by atoms with van der Waals surface area (Å²) >= 11 is 11.9. The van der Waals surface area contributed by atoms with Gasteiger partial charge >= 0.3 is 0 Å². The standard InChI is InChI=1S/C13H16Cl2O2/c1-13(2,17-3)8-11(16)7-9-6-10(14)4-5-12(9)15/h4-6H,7-8H2,1-3H3. The van der Waals surface area contributed by atoms with Gasteiger partial charge < -0.3 is 4.74 Å². The largest absolute Gasteiger partial charge is 0.378 e. The first-order valence-electron chi connectivity index (χ1n) is 5.35. The molecule has 0 radical (unpaired) electrons. The van der Waals surface area contributed by atoms with Crippen LogP contribution in [0.3, 0.4) is 0 Å². The quantitative estimate of drug-likeness (QED) is 0.814. The van der Waals surface area contributed by atoms with Gasteiger partial charge in [0.05, 0.1) is 5.60 Å². The third kappa shape index (κ3) is 4.66. The molecule has 0 atom stereocenters. The van der Waals surface area contributed by atoms with Crippen LogP contribution in [0.25, 0.3) is 0 Å². The van der Waals surface area contributed by atoms with E-state index in [9.17, 15) is 4.79 Å². The fourth-order valence-electron chi connectivity index (χ4n) is 1.50. The lowest BCUT2D eigenvalue weighted by atomic mass is 9.97. The SMILES string of the molecule is COC(C)(C)CC(=O)Cc1cc(Cl)ccc1Cl. The Morgan fingerprint density at radius 3 is 2.59 bits per heavy atom. The molecular formula is C13H16Cl2O2. The van der Waals surface area contributed by atoms with E-state index in [-0.39, 0.29) is 12.2 Å². The maximum absolute atomic E-state index is 11.9. The Morgan fingerprint density at radius 2 is 2.00 bits per heavy atom. The highest BCUT2D eigenvalue weighted by atomic mass is 35.5. The molecule has 94 valence electrons. The summed E-state index contributed by atoms with van der Waals surface area (Å²) in [6.45, 7) is 3.76. The van der Waals surface area contributed by atoms with Gasteiger partial charge in [-0.25, -0.2) is 0 Å². The zero-order valence-corrected chi connectivity index (χ0v) is 11.7. The Bertz CT molecular complexity index is 414. The molecule has 1 rings (SSSR count). The summed E-state index contributed by atoms with van der Waals surface area (Å²) in [7, 11) is 1.60. The zero-order valence-electron chi connectivity index (χ0n) is 10.2. The number of ketones is 1. The van der Waals surface area contributed by atoms with E-state index < -0.39 is 5.60 Å². The van der Waals surface area contributed by atoms with Crippen LogP contribution in [0.1, 0.15) is 25.8 Å². The van der Waals surface area contributed by atoms with Crippen LogP contribution in [-0.2, 0) is 16.0 Å². The molecule has 0 aromatic heterocycles. The number of halogens is 2. The van der Waals surface area contributed by atoms with Gasteiger partial charge in [-0.2, -0.15) is 0 Å². The summed E-state index contributed by atoms with van der Waals surface area (Å²) < 4.78 is 5.22. The Balaban J connectivity index is 2.71. The van der Waals surface area contributed by atoms with Crippen molar-refractivity contribution < 1.29 is 9.53 Å². The highest BCUT2D eigenvalue weighted by molar-refractivity contribution is 6.33. The molecule has 0 bridgehead atoms. The Kier molecular flexibility index (Phi) is 4.99. The molecule has 0 amide bonds. The summed E-state index contributed by atoms with van der Waals surface area (Å²) in [5, 5.41) is 1.15. The Labute approximate surface area is 112 Å². The zero-order chi connectivity index (χ0) is 13.1. The van der Waals surface area contributed by atoms with Gasteiger partial charge in [0.2, 0.25) is 0 Å². The molecule has 2 nitrogen and oxygen atoms in total. The summed E-state index contributed by atoms with van der Waals surface area (Å²) in [6, 6.07) is 5.13. The summed E-state index contributed by atoms with van der Waals surface area (Å²) in [6.07, 6.45) is 0.637. The fourth-order valence-corrected chi connectivity index (χ4v) is 1.88. The monoisotopic (exact) mass is 274 g/mol. The van der Waals surface area contributed by atoms with E-state index in [0.717, 1.165) is 5.56 Å². The van der Waals surface area contributed by atoms with Gasteiger partial charge in [0, 0.05) is 30.0 Å². The Hall–Kier alpha value is -0.570. The van der Waals surface area contributed by atoms with Gasteiger partial charge in [-0.15, -0.1) is 0 Å². The number of rotatable bonds is 5. The lowest BCUT2D eigenvalue weighted by Crippen LogP contribution is -2.27. The van der Waals surface area contributed by atoms with E-state index >= 15 is 0 Å². The predicted octanol–water partition coefficient (Wildman–Crippen LogP) is 3.92. The molecular weight excluding hydrogens is 259 g/mol. The number of ether oxygens (including phenoxy) is 1. The summed E-state index contributed by atoms with van der Waals surface area (Å²) in [4.78, 5) is 11.9. The first kappa shape index (κ1) is 14.5. The van der Waals surface area contributed by atoms with Gasteiger partial charge in [0.15, 0.2) is 0 Å². The van der Waals surface area contributed by atoms with Gasteiger partial charge in [-0.05, 0) is 37.6 Å². The Morgan fingerprint density at radius 1 is 1.35 bits per heavy atom. The van der Waals surface area contributed by atoms with Crippen LogP contribution < -0.4 is 0 Å². The highest BCUT2D eigenvalue weighted by Gasteiger charge is 2.21. The van der Waals surface area contributed by atoms with Crippen LogP contribution in [0, 0.1) is 0 Å². The van der Waals surface area contributed by atoms with E-state index in [1.165, 1.54) is 0 Å². The molecule has 0 N–H and O–H groups in total. The molecule has 0 spiro atoms. The highest BCUT2D eigenvalue weighted by Crippen LogP contribution is 2.23. The topological polar surface area (TPSA) is 26.3 Å². The van der Waals surface area contributed by atoms with E-state index in [4.69, 9.17) is 27.9 Å². The molecule has 0 aliphatic rings. The molecule has 1 aromatic rings. The van der Waals surface area contributed by atoms with Crippen molar-refractivity contribution in [1.82, 2.24) is 0 Å². The maximum Gasteiger partial charge on any atom is 0.140 e. The lowest BCUT2D eigenvalue weighted by molar-refractivity contribution is -0.123. The number of benzene rings is 1. The molecule has 4 heteroatoms. The molecule has 0 saturated carbocycles. The normalized spacial score (nSPS) is 11.6. The first-order chi connectivity index (χ1) is 7.84. The minimum atomic E-state index is -0.442.